The summed E-state index contributed by atoms with van der Waals surface area (Å²) in [6.07, 6.45) is 9.63. The van der Waals surface area contributed by atoms with Gasteiger partial charge in [0.1, 0.15) is 6.07 Å². The molecular weight excluding hydrogens is 398 g/mol. The summed E-state index contributed by atoms with van der Waals surface area (Å²) < 4.78 is 0. The lowest BCUT2D eigenvalue weighted by molar-refractivity contribution is 0.0249. The van der Waals surface area contributed by atoms with Crippen LogP contribution in [0.4, 0.5) is 10.5 Å². The number of rotatable bonds is 5. The molecule has 1 saturated heterocycles. The second-order valence-corrected chi connectivity index (χ2v) is 9.94. The third kappa shape index (κ3) is 3.36. The SMILES string of the molecule is CN(C)[C@]1(c2ccccc2)CC[C@]2(CC1)CN(c1cnccc1C#N)C(=O)N2CC1CC1. The number of pyridine rings is 1. The monoisotopic (exact) mass is 429 g/mol. The topological polar surface area (TPSA) is 63.5 Å². The molecular formula is C26H31N5O. The van der Waals surface area contributed by atoms with E-state index in [0.717, 1.165) is 32.2 Å². The van der Waals surface area contributed by atoms with Gasteiger partial charge in [-0.2, -0.15) is 5.26 Å². The molecule has 6 heteroatoms. The zero-order chi connectivity index (χ0) is 22.3. The zero-order valence-corrected chi connectivity index (χ0v) is 19.0. The molecule has 1 aromatic carbocycles. The highest BCUT2D eigenvalue weighted by atomic mass is 16.2. The fourth-order valence-electron chi connectivity index (χ4n) is 5.81. The van der Waals surface area contributed by atoms with Gasteiger partial charge in [-0.1, -0.05) is 30.3 Å². The Balaban J connectivity index is 1.47. The number of carbonyl (C=O) groups is 1. The van der Waals surface area contributed by atoms with E-state index in [1.54, 1.807) is 18.5 Å². The average molecular weight is 430 g/mol. The van der Waals surface area contributed by atoms with E-state index in [1.165, 1.54) is 18.4 Å². The van der Waals surface area contributed by atoms with Crippen molar-refractivity contribution in [3.8, 4) is 6.07 Å². The van der Waals surface area contributed by atoms with Gasteiger partial charge >= 0.3 is 6.03 Å². The Hall–Kier alpha value is -2.91. The molecule has 32 heavy (non-hydrogen) atoms. The number of hydrogen-bond donors (Lipinski definition) is 0. The van der Waals surface area contributed by atoms with Crippen LogP contribution in [-0.2, 0) is 5.54 Å². The first-order chi connectivity index (χ1) is 15.5. The molecule has 3 aliphatic rings. The Morgan fingerprint density at radius 2 is 1.84 bits per heavy atom. The summed E-state index contributed by atoms with van der Waals surface area (Å²) >= 11 is 0. The normalized spacial score (nSPS) is 27.9. The molecule has 0 N–H and O–H groups in total. The number of anilines is 1. The molecule has 2 saturated carbocycles. The number of carbonyl (C=O) groups excluding carboxylic acids is 1. The van der Waals surface area contributed by atoms with Crippen LogP contribution < -0.4 is 4.90 Å². The van der Waals surface area contributed by atoms with Gasteiger partial charge in [-0.3, -0.25) is 14.8 Å². The van der Waals surface area contributed by atoms with Crippen molar-refractivity contribution < 1.29 is 4.79 Å². The minimum absolute atomic E-state index is 0.0135. The molecule has 0 unspecified atom stereocenters. The van der Waals surface area contributed by atoms with E-state index in [4.69, 9.17) is 0 Å². The number of urea groups is 1. The van der Waals surface area contributed by atoms with Gasteiger partial charge in [0, 0.05) is 18.3 Å². The Labute approximate surface area is 190 Å². The van der Waals surface area contributed by atoms with Crippen molar-refractivity contribution in [2.45, 2.75) is 49.6 Å². The van der Waals surface area contributed by atoms with Crippen LogP contribution in [0, 0.1) is 17.2 Å². The number of aromatic nitrogens is 1. The number of hydrogen-bond acceptors (Lipinski definition) is 4. The lowest BCUT2D eigenvalue weighted by Gasteiger charge is -2.51. The summed E-state index contributed by atoms with van der Waals surface area (Å²) in [6, 6.07) is 14.8. The first kappa shape index (κ1) is 21.0. The minimum atomic E-state index is -0.184. The molecule has 1 aliphatic heterocycles. The van der Waals surface area contributed by atoms with E-state index in [9.17, 15) is 10.1 Å². The molecule has 166 valence electrons. The van der Waals surface area contributed by atoms with Crippen molar-refractivity contribution in [1.29, 1.82) is 5.26 Å². The summed E-state index contributed by atoms with van der Waals surface area (Å²) in [6.45, 7) is 1.47. The van der Waals surface area contributed by atoms with Crippen LogP contribution in [0.5, 0.6) is 0 Å². The van der Waals surface area contributed by atoms with Crippen molar-refractivity contribution in [3.63, 3.8) is 0 Å². The number of benzene rings is 1. The molecule has 2 heterocycles. The van der Waals surface area contributed by atoms with E-state index in [-0.39, 0.29) is 17.1 Å². The van der Waals surface area contributed by atoms with Gasteiger partial charge < -0.3 is 4.90 Å². The van der Waals surface area contributed by atoms with E-state index < -0.39 is 0 Å². The van der Waals surface area contributed by atoms with Crippen LogP contribution in [0.3, 0.4) is 0 Å². The van der Waals surface area contributed by atoms with Crippen LogP contribution >= 0.6 is 0 Å². The van der Waals surface area contributed by atoms with Crippen LogP contribution in [-0.4, -0.2) is 53.5 Å². The second-order valence-electron chi connectivity index (χ2n) is 9.94. The fraction of sp³-hybridized carbons (Fsp3) is 0.500. The van der Waals surface area contributed by atoms with Gasteiger partial charge in [-0.15, -0.1) is 0 Å². The van der Waals surface area contributed by atoms with Crippen molar-refractivity contribution in [1.82, 2.24) is 14.8 Å². The first-order valence-electron chi connectivity index (χ1n) is 11.7. The van der Waals surface area contributed by atoms with Crippen LogP contribution in [0.1, 0.15) is 49.7 Å². The maximum atomic E-state index is 13.7. The van der Waals surface area contributed by atoms with Crippen LogP contribution in [0.15, 0.2) is 48.8 Å². The standard InChI is InChI=1S/C26H31N5O/c1-29(2)26(22-6-4-3-5-7-22)13-11-25(12-14-26)19-30(23-17-28-15-10-21(23)16-27)24(32)31(25)18-20-8-9-20/h3-7,10,15,17,20H,8-9,11-14,18-19H2,1-2H3/t25-,26+. The van der Waals surface area contributed by atoms with Crippen molar-refractivity contribution in [2.24, 2.45) is 5.92 Å². The molecule has 2 aromatic rings. The lowest BCUT2D eigenvalue weighted by Crippen LogP contribution is -2.55. The van der Waals surface area contributed by atoms with Gasteiger partial charge in [0.05, 0.1) is 29.5 Å². The van der Waals surface area contributed by atoms with E-state index in [1.807, 2.05) is 4.90 Å². The largest absolute Gasteiger partial charge is 0.325 e. The van der Waals surface area contributed by atoms with E-state index >= 15 is 0 Å². The highest BCUT2D eigenvalue weighted by Crippen LogP contribution is 2.50. The number of nitriles is 1. The third-order valence-corrected chi connectivity index (χ3v) is 8.01. The Morgan fingerprint density at radius 1 is 1.12 bits per heavy atom. The molecule has 0 radical (unpaired) electrons. The summed E-state index contributed by atoms with van der Waals surface area (Å²) in [5.74, 6) is 0.620. The van der Waals surface area contributed by atoms with Crippen molar-refractivity contribution >= 4 is 11.7 Å². The molecule has 1 spiro atoms. The predicted molar refractivity (Wildman–Crippen MR) is 124 cm³/mol. The van der Waals surface area contributed by atoms with E-state index in [0.29, 0.717) is 23.7 Å². The first-order valence-corrected chi connectivity index (χ1v) is 11.7. The quantitative estimate of drug-likeness (QED) is 0.708. The summed E-state index contributed by atoms with van der Waals surface area (Å²) in [5.41, 5.74) is 2.31. The second kappa shape index (κ2) is 7.90. The lowest BCUT2D eigenvalue weighted by atomic mass is 9.68. The molecule has 0 bridgehead atoms. The molecule has 0 atom stereocenters. The molecule has 2 amide bonds. The van der Waals surface area contributed by atoms with Gasteiger partial charge in [-0.05, 0) is 70.2 Å². The number of nitrogens with zero attached hydrogens (tertiary/aromatic N) is 5. The molecule has 3 fully saturated rings. The van der Waals surface area contributed by atoms with Gasteiger partial charge in [-0.25, -0.2) is 4.79 Å². The zero-order valence-electron chi connectivity index (χ0n) is 19.0. The van der Waals surface area contributed by atoms with Crippen LogP contribution in [0.25, 0.3) is 0 Å². The van der Waals surface area contributed by atoms with E-state index in [2.05, 4.69) is 65.3 Å². The van der Waals surface area contributed by atoms with Gasteiger partial charge in [0.25, 0.3) is 0 Å². The van der Waals surface area contributed by atoms with Crippen molar-refractivity contribution in [2.75, 3.05) is 32.1 Å². The Morgan fingerprint density at radius 3 is 2.47 bits per heavy atom. The van der Waals surface area contributed by atoms with Crippen molar-refractivity contribution in [3.05, 3.63) is 59.9 Å². The average Bonchev–Trinajstić information content (AvgIpc) is 3.61. The van der Waals surface area contributed by atoms with Crippen LogP contribution in [0.2, 0.25) is 0 Å². The predicted octanol–water partition coefficient (Wildman–Crippen LogP) is 4.38. The molecule has 5 rings (SSSR count). The minimum Gasteiger partial charge on any atom is -0.317 e. The summed E-state index contributed by atoms with van der Waals surface area (Å²) in [5, 5.41) is 9.61. The molecule has 6 nitrogen and oxygen atoms in total. The molecule has 2 aliphatic carbocycles. The van der Waals surface area contributed by atoms with Gasteiger partial charge in [0.15, 0.2) is 0 Å². The summed E-state index contributed by atoms with van der Waals surface area (Å²) in [4.78, 5) is 24.2. The van der Waals surface area contributed by atoms with Gasteiger partial charge in [0.2, 0.25) is 0 Å². The third-order valence-electron chi connectivity index (χ3n) is 8.01. The fourth-order valence-corrected chi connectivity index (χ4v) is 5.81. The number of amides is 2. The Kier molecular flexibility index (Phi) is 5.17. The smallest absolute Gasteiger partial charge is 0.317 e. The molecule has 1 aromatic heterocycles. The highest BCUT2D eigenvalue weighted by molar-refractivity contribution is 5.96. The maximum Gasteiger partial charge on any atom is 0.325 e. The summed E-state index contributed by atoms with van der Waals surface area (Å²) in [7, 11) is 4.35. The maximum absolute atomic E-state index is 13.7. The highest BCUT2D eigenvalue weighted by Gasteiger charge is 2.55. The Bertz CT molecular complexity index is 1030.